The molecule has 0 bridgehead atoms. The fourth-order valence-electron chi connectivity index (χ4n) is 1.30. The van der Waals surface area contributed by atoms with E-state index >= 15 is 0 Å². The van der Waals surface area contributed by atoms with Crippen LogP contribution in [-0.2, 0) is 0 Å². The molecule has 1 aromatic carbocycles. The highest BCUT2D eigenvalue weighted by molar-refractivity contribution is 6.22. The van der Waals surface area contributed by atoms with Gasteiger partial charge in [0.05, 0.1) is 0 Å². The lowest BCUT2D eigenvalue weighted by atomic mass is 10.2. The van der Waals surface area contributed by atoms with Gasteiger partial charge in [0.2, 0.25) is 0 Å². The van der Waals surface area contributed by atoms with Gasteiger partial charge in [-0.1, -0.05) is 18.2 Å². The summed E-state index contributed by atoms with van der Waals surface area (Å²) >= 11 is 4.70. The van der Waals surface area contributed by atoms with Crippen molar-refractivity contribution in [3.63, 3.8) is 0 Å². The van der Waals surface area contributed by atoms with E-state index in [1.807, 2.05) is 0 Å². The lowest BCUT2D eigenvalue weighted by Crippen LogP contribution is -2.18. The Morgan fingerprint density at radius 1 is 1.33 bits per heavy atom. The van der Waals surface area contributed by atoms with Gasteiger partial charge in [0.25, 0.3) is 0 Å². The molecule has 1 heterocycles. The van der Waals surface area contributed by atoms with Crippen molar-refractivity contribution in [2.24, 2.45) is 0 Å². The van der Waals surface area contributed by atoms with Crippen LogP contribution < -0.4 is 0 Å². The molecular weight excluding hydrogens is 226 g/mol. The summed E-state index contributed by atoms with van der Waals surface area (Å²) in [5.74, 6) is -0.240. The minimum atomic E-state index is -3.73. The summed E-state index contributed by atoms with van der Waals surface area (Å²) in [6.45, 7) is 0. The number of para-hydroxylation sites is 1. The molecule has 2 rings (SSSR count). The van der Waals surface area contributed by atoms with Crippen molar-refractivity contribution in [2.75, 3.05) is 0 Å². The predicted octanol–water partition coefficient (Wildman–Crippen LogP) is 3.30. The molecule has 0 aliphatic heterocycles. The highest BCUT2D eigenvalue weighted by Crippen LogP contribution is 2.36. The average Bonchev–Trinajstić information content (AvgIpc) is 2.58. The van der Waals surface area contributed by atoms with Gasteiger partial charge in [-0.2, -0.15) is 8.78 Å². The second kappa shape index (κ2) is 3.47. The van der Waals surface area contributed by atoms with Crippen molar-refractivity contribution in [1.29, 1.82) is 0 Å². The van der Waals surface area contributed by atoms with E-state index in [0.717, 1.165) is 0 Å². The third kappa shape index (κ3) is 1.96. The molecule has 1 aromatic heterocycles. The van der Waals surface area contributed by atoms with Crippen LogP contribution in [0.1, 0.15) is 11.9 Å². The summed E-state index contributed by atoms with van der Waals surface area (Å²) in [7, 11) is 0. The van der Waals surface area contributed by atoms with Crippen molar-refractivity contribution in [1.82, 2.24) is 0 Å². The number of furan rings is 1. The number of aliphatic hydroxyl groups is 1. The first-order valence-electron chi connectivity index (χ1n) is 4.22. The zero-order valence-electron chi connectivity index (χ0n) is 7.45. The van der Waals surface area contributed by atoms with E-state index in [-0.39, 0.29) is 5.76 Å². The Hall–Kier alpha value is -1.13. The maximum Gasteiger partial charge on any atom is 0.354 e. The quantitative estimate of drug-likeness (QED) is 0.806. The monoisotopic (exact) mass is 232 g/mol. The van der Waals surface area contributed by atoms with Gasteiger partial charge < -0.3 is 9.52 Å². The third-order valence-electron chi connectivity index (χ3n) is 2.02. The van der Waals surface area contributed by atoms with Gasteiger partial charge in [-0.3, -0.25) is 0 Å². The van der Waals surface area contributed by atoms with E-state index in [4.69, 9.17) is 16.0 Å². The van der Waals surface area contributed by atoms with E-state index in [1.54, 1.807) is 24.3 Å². The maximum atomic E-state index is 12.6. The smallest absolute Gasteiger partial charge is 0.354 e. The van der Waals surface area contributed by atoms with Crippen molar-refractivity contribution in [2.45, 2.75) is 11.5 Å². The van der Waals surface area contributed by atoms with Gasteiger partial charge in [-0.05, 0) is 23.7 Å². The molecule has 0 saturated carbocycles. The van der Waals surface area contributed by atoms with Crippen LogP contribution in [0.3, 0.4) is 0 Å². The lowest BCUT2D eigenvalue weighted by molar-refractivity contribution is -0.0520. The number of rotatable bonds is 2. The molecule has 0 amide bonds. The fourth-order valence-corrected chi connectivity index (χ4v) is 1.41. The molecule has 1 unspecified atom stereocenters. The van der Waals surface area contributed by atoms with Crippen LogP contribution in [0.4, 0.5) is 8.78 Å². The second-order valence-electron chi connectivity index (χ2n) is 3.13. The molecule has 1 atom stereocenters. The Morgan fingerprint density at radius 3 is 2.60 bits per heavy atom. The van der Waals surface area contributed by atoms with Gasteiger partial charge >= 0.3 is 5.38 Å². The first-order chi connectivity index (χ1) is 6.98. The minimum Gasteiger partial charge on any atom is -0.458 e. The van der Waals surface area contributed by atoms with Crippen molar-refractivity contribution in [3.8, 4) is 0 Å². The summed E-state index contributed by atoms with van der Waals surface area (Å²) in [5, 5.41) is 6.10. The normalized spacial score (nSPS) is 14.4. The van der Waals surface area contributed by atoms with Gasteiger partial charge in [0, 0.05) is 5.39 Å². The topological polar surface area (TPSA) is 33.4 Å². The Balaban J connectivity index is 2.45. The van der Waals surface area contributed by atoms with Gasteiger partial charge in [0.1, 0.15) is 11.3 Å². The summed E-state index contributed by atoms with van der Waals surface area (Å²) in [6.07, 6.45) is -2.13. The van der Waals surface area contributed by atoms with E-state index in [9.17, 15) is 13.9 Å². The molecule has 0 spiro atoms. The Labute approximate surface area is 89.1 Å². The Kier molecular flexibility index (Phi) is 2.40. The first kappa shape index (κ1) is 10.4. The maximum absolute atomic E-state index is 12.6. The Morgan fingerprint density at radius 2 is 2.00 bits per heavy atom. The fraction of sp³-hybridized carbons (Fsp3) is 0.200. The number of alkyl halides is 3. The predicted molar refractivity (Wildman–Crippen MR) is 52.0 cm³/mol. The zero-order valence-corrected chi connectivity index (χ0v) is 8.21. The van der Waals surface area contributed by atoms with Crippen LogP contribution in [0.5, 0.6) is 0 Å². The number of benzene rings is 1. The van der Waals surface area contributed by atoms with Crippen LogP contribution in [0.15, 0.2) is 34.7 Å². The van der Waals surface area contributed by atoms with Gasteiger partial charge in [-0.15, -0.1) is 0 Å². The molecule has 0 radical (unpaired) electrons. The summed E-state index contributed by atoms with van der Waals surface area (Å²) in [5.41, 5.74) is 0.437. The van der Waals surface area contributed by atoms with E-state index < -0.39 is 11.5 Å². The molecule has 2 nitrogen and oxygen atoms in total. The summed E-state index contributed by atoms with van der Waals surface area (Å²) < 4.78 is 30.2. The van der Waals surface area contributed by atoms with Crippen LogP contribution in [0.25, 0.3) is 11.0 Å². The second-order valence-corrected chi connectivity index (χ2v) is 3.63. The third-order valence-corrected chi connectivity index (χ3v) is 2.23. The number of hydrogen-bond acceptors (Lipinski definition) is 2. The van der Waals surface area contributed by atoms with E-state index in [0.29, 0.717) is 11.0 Å². The number of halogens is 3. The summed E-state index contributed by atoms with van der Waals surface area (Å²) in [6, 6.07) is 8.11. The first-order valence-corrected chi connectivity index (χ1v) is 4.59. The summed E-state index contributed by atoms with van der Waals surface area (Å²) in [4.78, 5) is 0. The minimum absolute atomic E-state index is 0.240. The Bertz CT molecular complexity index is 442. The van der Waals surface area contributed by atoms with Crippen molar-refractivity contribution >= 4 is 22.6 Å². The average molecular weight is 233 g/mol. The van der Waals surface area contributed by atoms with Gasteiger partial charge in [0.15, 0.2) is 6.10 Å². The number of hydrogen-bond donors (Lipinski definition) is 1. The largest absolute Gasteiger partial charge is 0.458 e. The van der Waals surface area contributed by atoms with Gasteiger partial charge in [-0.25, -0.2) is 0 Å². The molecule has 15 heavy (non-hydrogen) atoms. The van der Waals surface area contributed by atoms with E-state index in [2.05, 4.69) is 0 Å². The number of fused-ring (bicyclic) bond motifs is 1. The highest BCUT2D eigenvalue weighted by atomic mass is 35.5. The molecule has 0 fully saturated rings. The molecule has 0 saturated heterocycles. The van der Waals surface area contributed by atoms with Crippen LogP contribution in [0, 0.1) is 0 Å². The van der Waals surface area contributed by atoms with Crippen molar-refractivity contribution in [3.05, 3.63) is 36.1 Å². The zero-order chi connectivity index (χ0) is 11.1. The van der Waals surface area contributed by atoms with Crippen LogP contribution >= 0.6 is 11.6 Å². The standard InChI is InChI=1S/C10H7ClF2O2/c11-10(12,13)9(14)8-5-6-3-1-2-4-7(6)15-8/h1-5,9,14H. The molecule has 80 valence electrons. The molecular formula is C10H7ClF2O2. The van der Waals surface area contributed by atoms with Crippen LogP contribution in [0.2, 0.25) is 0 Å². The van der Waals surface area contributed by atoms with E-state index in [1.165, 1.54) is 6.07 Å². The van der Waals surface area contributed by atoms with Crippen LogP contribution in [-0.4, -0.2) is 10.5 Å². The molecule has 2 aromatic rings. The van der Waals surface area contributed by atoms with Crippen molar-refractivity contribution < 1.29 is 18.3 Å². The highest BCUT2D eigenvalue weighted by Gasteiger charge is 2.39. The number of aliphatic hydroxyl groups excluding tert-OH is 1. The molecule has 1 N–H and O–H groups in total. The molecule has 0 aliphatic carbocycles. The lowest BCUT2D eigenvalue weighted by Gasteiger charge is -2.12. The SMILES string of the molecule is OC(c1cc2ccccc2o1)C(F)(F)Cl. The molecule has 5 heteroatoms. The molecule has 0 aliphatic rings.